The lowest BCUT2D eigenvalue weighted by Crippen LogP contribution is -1.95. The largest absolute Gasteiger partial charge is 0.390 e. The molecule has 5 heteroatoms. The average Bonchev–Trinajstić information content (AvgIpc) is 2.72. The summed E-state index contributed by atoms with van der Waals surface area (Å²) in [6.07, 6.45) is 0.845. The fraction of sp³-hybridized carbons (Fsp3) is 0.333. The van der Waals surface area contributed by atoms with Crippen LogP contribution < -0.4 is 5.73 Å². The van der Waals surface area contributed by atoms with Crippen LogP contribution in [0.2, 0.25) is 0 Å². The van der Waals surface area contributed by atoms with Gasteiger partial charge in [-0.3, -0.25) is 0 Å². The van der Waals surface area contributed by atoms with E-state index < -0.39 is 0 Å². The number of anilines is 1. The van der Waals surface area contributed by atoms with E-state index in [4.69, 9.17) is 5.73 Å². The van der Waals surface area contributed by atoms with Crippen LogP contribution in [0.3, 0.4) is 0 Å². The molecular weight excluding hydrogens is 196 g/mol. The highest BCUT2D eigenvalue weighted by Crippen LogP contribution is 2.28. The first-order chi connectivity index (χ1) is 6.72. The quantitative estimate of drug-likeness (QED) is 0.817. The zero-order chi connectivity index (χ0) is 10.1. The highest BCUT2D eigenvalue weighted by molar-refractivity contribution is 7.14. The van der Waals surface area contributed by atoms with E-state index in [-0.39, 0.29) is 0 Å². The summed E-state index contributed by atoms with van der Waals surface area (Å²) in [5.74, 6) is 1.70. The number of hydrogen-bond acceptors (Lipinski definition) is 4. The van der Waals surface area contributed by atoms with Gasteiger partial charge in [-0.15, -0.1) is 11.3 Å². The second kappa shape index (κ2) is 3.42. The summed E-state index contributed by atoms with van der Waals surface area (Å²) < 4.78 is 1.78. The maximum Gasteiger partial charge on any atom is 0.161 e. The molecule has 0 atom stereocenters. The Morgan fingerprint density at radius 2 is 2.36 bits per heavy atom. The molecular formula is C9H12N4S. The highest BCUT2D eigenvalue weighted by atomic mass is 32.1. The van der Waals surface area contributed by atoms with Crippen LogP contribution in [0.4, 0.5) is 5.00 Å². The molecule has 0 fully saturated rings. The Balaban J connectivity index is 2.51. The van der Waals surface area contributed by atoms with Crippen molar-refractivity contribution in [3.8, 4) is 11.4 Å². The fourth-order valence-corrected chi connectivity index (χ4v) is 1.96. The van der Waals surface area contributed by atoms with E-state index in [1.54, 1.807) is 4.68 Å². The molecule has 2 heterocycles. The minimum absolute atomic E-state index is 0.795. The van der Waals surface area contributed by atoms with Gasteiger partial charge in [-0.25, -0.2) is 9.67 Å². The van der Waals surface area contributed by atoms with Crippen LogP contribution in [0.1, 0.15) is 12.7 Å². The predicted octanol–water partition coefficient (Wildman–Crippen LogP) is 1.69. The van der Waals surface area contributed by atoms with Gasteiger partial charge in [0, 0.05) is 13.5 Å². The Kier molecular flexibility index (Phi) is 2.25. The van der Waals surface area contributed by atoms with Gasteiger partial charge in [-0.1, -0.05) is 6.92 Å². The van der Waals surface area contributed by atoms with Crippen molar-refractivity contribution in [2.75, 3.05) is 5.73 Å². The number of aromatic nitrogens is 3. The van der Waals surface area contributed by atoms with Gasteiger partial charge in [0.25, 0.3) is 0 Å². The second-order valence-electron chi connectivity index (χ2n) is 3.03. The lowest BCUT2D eigenvalue weighted by molar-refractivity contribution is 0.753. The fourth-order valence-electron chi connectivity index (χ4n) is 1.33. The number of hydrogen-bond donors (Lipinski definition) is 1. The van der Waals surface area contributed by atoms with Crippen molar-refractivity contribution < 1.29 is 0 Å². The Morgan fingerprint density at radius 1 is 1.57 bits per heavy atom. The zero-order valence-corrected chi connectivity index (χ0v) is 9.01. The van der Waals surface area contributed by atoms with E-state index in [1.807, 2.05) is 25.4 Å². The molecule has 0 aliphatic rings. The smallest absolute Gasteiger partial charge is 0.161 e. The maximum absolute atomic E-state index is 5.83. The van der Waals surface area contributed by atoms with Crippen molar-refractivity contribution in [3.63, 3.8) is 0 Å². The molecule has 74 valence electrons. The minimum atomic E-state index is 0.795. The molecule has 0 saturated carbocycles. The SMILES string of the molecule is CCc1nc(-c2ccsc2N)n(C)n1. The molecule has 2 N–H and O–H groups in total. The van der Waals surface area contributed by atoms with E-state index >= 15 is 0 Å². The molecule has 2 rings (SSSR count). The van der Waals surface area contributed by atoms with Crippen molar-refractivity contribution in [3.05, 3.63) is 17.3 Å². The molecule has 0 unspecified atom stereocenters. The summed E-state index contributed by atoms with van der Waals surface area (Å²) in [5, 5.41) is 7.04. The third kappa shape index (κ3) is 1.39. The number of aryl methyl sites for hydroxylation is 2. The van der Waals surface area contributed by atoms with E-state index in [9.17, 15) is 0 Å². The summed E-state index contributed by atoms with van der Waals surface area (Å²) in [6.45, 7) is 2.04. The van der Waals surface area contributed by atoms with Crippen molar-refractivity contribution in [1.29, 1.82) is 0 Å². The number of nitrogens with zero attached hydrogens (tertiary/aromatic N) is 3. The summed E-state index contributed by atoms with van der Waals surface area (Å²) in [6, 6.07) is 1.98. The molecule has 0 aliphatic heterocycles. The van der Waals surface area contributed by atoms with Crippen molar-refractivity contribution in [2.45, 2.75) is 13.3 Å². The molecule has 2 aromatic rings. The highest BCUT2D eigenvalue weighted by Gasteiger charge is 2.11. The average molecular weight is 208 g/mol. The molecule has 14 heavy (non-hydrogen) atoms. The summed E-state index contributed by atoms with van der Waals surface area (Å²) >= 11 is 1.52. The Bertz CT molecular complexity index is 443. The standard InChI is InChI=1S/C9H12N4S/c1-3-7-11-9(13(2)12-7)6-4-5-14-8(6)10/h4-5H,3,10H2,1-2H3. The van der Waals surface area contributed by atoms with Gasteiger partial charge >= 0.3 is 0 Å². The molecule has 0 spiro atoms. The van der Waals surface area contributed by atoms with Gasteiger partial charge in [0.1, 0.15) is 0 Å². The monoisotopic (exact) mass is 208 g/mol. The van der Waals surface area contributed by atoms with Crippen LogP contribution in [0.5, 0.6) is 0 Å². The number of thiophene rings is 1. The Hall–Kier alpha value is -1.36. The Morgan fingerprint density at radius 3 is 2.86 bits per heavy atom. The van der Waals surface area contributed by atoms with Gasteiger partial charge < -0.3 is 5.73 Å². The van der Waals surface area contributed by atoms with Crippen LogP contribution in [-0.2, 0) is 13.5 Å². The molecule has 0 bridgehead atoms. The first kappa shape index (κ1) is 9.21. The maximum atomic E-state index is 5.83. The van der Waals surface area contributed by atoms with Crippen LogP contribution >= 0.6 is 11.3 Å². The molecule has 0 aromatic carbocycles. The molecule has 0 radical (unpaired) electrons. The molecule has 2 aromatic heterocycles. The normalized spacial score (nSPS) is 10.7. The first-order valence-electron chi connectivity index (χ1n) is 4.45. The van der Waals surface area contributed by atoms with Crippen LogP contribution in [0.15, 0.2) is 11.4 Å². The second-order valence-corrected chi connectivity index (χ2v) is 3.98. The van der Waals surface area contributed by atoms with Gasteiger partial charge in [0.05, 0.1) is 10.6 Å². The molecule has 0 amide bonds. The first-order valence-corrected chi connectivity index (χ1v) is 5.33. The van der Waals surface area contributed by atoms with Crippen molar-refractivity contribution >= 4 is 16.3 Å². The van der Waals surface area contributed by atoms with E-state index in [2.05, 4.69) is 10.1 Å². The zero-order valence-electron chi connectivity index (χ0n) is 8.19. The van der Waals surface area contributed by atoms with Crippen LogP contribution in [0, 0.1) is 0 Å². The van der Waals surface area contributed by atoms with Crippen LogP contribution in [0.25, 0.3) is 11.4 Å². The number of nitrogens with two attached hydrogens (primary N) is 1. The number of nitrogen functional groups attached to an aromatic ring is 1. The van der Waals surface area contributed by atoms with Gasteiger partial charge in [-0.05, 0) is 11.4 Å². The van der Waals surface area contributed by atoms with Crippen molar-refractivity contribution in [1.82, 2.24) is 14.8 Å². The van der Waals surface area contributed by atoms with Gasteiger partial charge in [-0.2, -0.15) is 5.10 Å². The summed E-state index contributed by atoms with van der Waals surface area (Å²) in [4.78, 5) is 4.41. The molecule has 0 aliphatic carbocycles. The third-order valence-electron chi connectivity index (χ3n) is 2.06. The summed E-state index contributed by atoms with van der Waals surface area (Å²) in [7, 11) is 1.89. The topological polar surface area (TPSA) is 56.7 Å². The molecule has 0 saturated heterocycles. The predicted molar refractivity (Wildman–Crippen MR) is 58.1 cm³/mol. The van der Waals surface area contributed by atoms with E-state index in [0.717, 1.165) is 28.6 Å². The Labute approximate surface area is 86.4 Å². The lowest BCUT2D eigenvalue weighted by atomic mass is 10.3. The third-order valence-corrected chi connectivity index (χ3v) is 2.81. The molecule has 4 nitrogen and oxygen atoms in total. The summed E-state index contributed by atoms with van der Waals surface area (Å²) in [5.41, 5.74) is 6.81. The van der Waals surface area contributed by atoms with Crippen molar-refractivity contribution in [2.24, 2.45) is 7.05 Å². The van der Waals surface area contributed by atoms with E-state index in [1.165, 1.54) is 11.3 Å². The van der Waals surface area contributed by atoms with Gasteiger partial charge in [0.2, 0.25) is 0 Å². The lowest BCUT2D eigenvalue weighted by Gasteiger charge is -1.96. The van der Waals surface area contributed by atoms with E-state index in [0.29, 0.717) is 0 Å². The number of rotatable bonds is 2. The minimum Gasteiger partial charge on any atom is -0.390 e. The van der Waals surface area contributed by atoms with Gasteiger partial charge in [0.15, 0.2) is 11.6 Å². The van der Waals surface area contributed by atoms with Crippen LogP contribution in [-0.4, -0.2) is 14.8 Å².